The van der Waals surface area contributed by atoms with Gasteiger partial charge in [-0.05, 0) is 43.1 Å². The molecule has 0 bridgehead atoms. The van der Waals surface area contributed by atoms with Gasteiger partial charge in [0.1, 0.15) is 0 Å². The molecule has 0 radical (unpaired) electrons. The normalized spacial score (nSPS) is 12.6. The Hall–Kier alpha value is -1.32. The molecule has 0 spiro atoms. The minimum Gasteiger partial charge on any atom is -0.310 e. The Morgan fingerprint density at radius 2 is 2.21 bits per heavy atom. The van der Waals surface area contributed by atoms with Crippen LogP contribution in [0.25, 0.3) is 0 Å². The summed E-state index contributed by atoms with van der Waals surface area (Å²) in [5.74, 6) is 0. The highest BCUT2D eigenvalue weighted by molar-refractivity contribution is 6.30. The molecule has 19 heavy (non-hydrogen) atoms. The van der Waals surface area contributed by atoms with E-state index in [-0.39, 0.29) is 0 Å². The third-order valence-electron chi connectivity index (χ3n) is 3.31. The predicted molar refractivity (Wildman–Crippen MR) is 79.4 cm³/mol. The molecule has 2 aromatic rings. The van der Waals surface area contributed by atoms with Gasteiger partial charge in [0.25, 0.3) is 0 Å². The van der Waals surface area contributed by atoms with Crippen LogP contribution in [0, 0.1) is 0 Å². The average Bonchev–Trinajstić information content (AvgIpc) is 2.80. The number of hydrogen-bond donors (Lipinski definition) is 1. The molecule has 1 aromatic heterocycles. The number of benzene rings is 1. The summed E-state index contributed by atoms with van der Waals surface area (Å²) >= 11 is 6.07. The standard InChI is InChI=1S/C15H20ClN3/c1-3-17-15(12-5-4-6-13(16)11-12)8-7-14-9-10-18-19(14)2/h4-6,9-11,15,17H,3,7-8H2,1-2H3. The van der Waals surface area contributed by atoms with Gasteiger partial charge in [-0.25, -0.2) is 0 Å². The molecule has 1 aromatic carbocycles. The van der Waals surface area contributed by atoms with E-state index < -0.39 is 0 Å². The molecule has 0 aliphatic carbocycles. The molecule has 1 atom stereocenters. The summed E-state index contributed by atoms with van der Waals surface area (Å²) in [7, 11) is 1.98. The molecule has 1 unspecified atom stereocenters. The summed E-state index contributed by atoms with van der Waals surface area (Å²) in [6.07, 6.45) is 3.88. The Kier molecular flexibility index (Phi) is 5.00. The first-order valence-electron chi connectivity index (χ1n) is 6.66. The van der Waals surface area contributed by atoms with E-state index in [2.05, 4.69) is 29.5 Å². The SMILES string of the molecule is CCNC(CCc1ccnn1C)c1cccc(Cl)c1. The second kappa shape index (κ2) is 6.73. The van der Waals surface area contributed by atoms with Crippen molar-refractivity contribution in [2.24, 2.45) is 7.05 Å². The number of rotatable bonds is 6. The number of aryl methyl sites for hydroxylation is 2. The van der Waals surface area contributed by atoms with Crippen LogP contribution in [-0.4, -0.2) is 16.3 Å². The van der Waals surface area contributed by atoms with Crippen LogP contribution in [0.4, 0.5) is 0 Å². The Labute approximate surface area is 119 Å². The maximum absolute atomic E-state index is 6.07. The smallest absolute Gasteiger partial charge is 0.0492 e. The van der Waals surface area contributed by atoms with E-state index in [1.165, 1.54) is 11.3 Å². The van der Waals surface area contributed by atoms with Gasteiger partial charge in [-0.1, -0.05) is 30.7 Å². The van der Waals surface area contributed by atoms with Gasteiger partial charge in [0.2, 0.25) is 0 Å². The van der Waals surface area contributed by atoms with Crippen LogP contribution in [0.2, 0.25) is 5.02 Å². The fourth-order valence-electron chi connectivity index (χ4n) is 2.30. The lowest BCUT2D eigenvalue weighted by molar-refractivity contribution is 0.506. The van der Waals surface area contributed by atoms with Crippen molar-refractivity contribution in [1.29, 1.82) is 0 Å². The topological polar surface area (TPSA) is 29.9 Å². The monoisotopic (exact) mass is 277 g/mol. The maximum Gasteiger partial charge on any atom is 0.0492 e. The van der Waals surface area contributed by atoms with Crippen LogP contribution < -0.4 is 5.32 Å². The summed E-state index contributed by atoms with van der Waals surface area (Å²) < 4.78 is 1.93. The zero-order valence-corrected chi connectivity index (χ0v) is 12.2. The third-order valence-corrected chi connectivity index (χ3v) is 3.55. The van der Waals surface area contributed by atoms with Crippen molar-refractivity contribution < 1.29 is 0 Å². The first-order valence-corrected chi connectivity index (χ1v) is 7.04. The second-order valence-electron chi connectivity index (χ2n) is 4.65. The van der Waals surface area contributed by atoms with Gasteiger partial charge in [0.05, 0.1) is 0 Å². The quantitative estimate of drug-likeness (QED) is 0.877. The van der Waals surface area contributed by atoms with Crippen LogP contribution >= 0.6 is 11.6 Å². The first kappa shape index (κ1) is 14.1. The minimum absolute atomic E-state index is 0.332. The van der Waals surface area contributed by atoms with E-state index in [9.17, 15) is 0 Å². The lowest BCUT2D eigenvalue weighted by Gasteiger charge is -2.18. The van der Waals surface area contributed by atoms with Crippen molar-refractivity contribution in [2.75, 3.05) is 6.54 Å². The highest BCUT2D eigenvalue weighted by Gasteiger charge is 2.11. The fourth-order valence-corrected chi connectivity index (χ4v) is 2.49. The molecule has 0 amide bonds. The molecular weight excluding hydrogens is 258 g/mol. The lowest BCUT2D eigenvalue weighted by atomic mass is 10.0. The van der Waals surface area contributed by atoms with Gasteiger partial charge in [0, 0.05) is 30.0 Å². The van der Waals surface area contributed by atoms with Gasteiger partial charge in [-0.2, -0.15) is 5.10 Å². The molecule has 0 saturated carbocycles. The lowest BCUT2D eigenvalue weighted by Crippen LogP contribution is -2.21. The predicted octanol–water partition coefficient (Wildman–Crippen LogP) is 3.36. The van der Waals surface area contributed by atoms with Gasteiger partial charge < -0.3 is 5.32 Å². The van der Waals surface area contributed by atoms with Gasteiger partial charge in [0.15, 0.2) is 0 Å². The van der Waals surface area contributed by atoms with Crippen LogP contribution in [0.5, 0.6) is 0 Å². The molecule has 4 heteroatoms. The van der Waals surface area contributed by atoms with Crippen molar-refractivity contribution in [3.8, 4) is 0 Å². The van der Waals surface area contributed by atoms with Gasteiger partial charge in [-0.3, -0.25) is 4.68 Å². The third kappa shape index (κ3) is 3.82. The van der Waals surface area contributed by atoms with Crippen LogP contribution in [0.1, 0.15) is 30.6 Å². The minimum atomic E-state index is 0.332. The van der Waals surface area contributed by atoms with Crippen molar-refractivity contribution >= 4 is 11.6 Å². The number of nitrogens with zero attached hydrogens (tertiary/aromatic N) is 2. The number of halogens is 1. The number of hydrogen-bond acceptors (Lipinski definition) is 2. The zero-order valence-electron chi connectivity index (χ0n) is 11.4. The largest absolute Gasteiger partial charge is 0.310 e. The molecule has 0 fully saturated rings. The Bertz CT molecular complexity index is 522. The fraction of sp³-hybridized carbons (Fsp3) is 0.400. The van der Waals surface area contributed by atoms with Crippen molar-refractivity contribution in [2.45, 2.75) is 25.8 Å². The van der Waals surface area contributed by atoms with E-state index in [4.69, 9.17) is 11.6 Å². The molecule has 3 nitrogen and oxygen atoms in total. The molecule has 102 valence electrons. The van der Waals surface area contributed by atoms with Crippen LogP contribution in [0.15, 0.2) is 36.5 Å². The zero-order chi connectivity index (χ0) is 13.7. The average molecular weight is 278 g/mol. The van der Waals surface area contributed by atoms with E-state index in [1.54, 1.807) is 0 Å². The van der Waals surface area contributed by atoms with E-state index in [1.807, 2.05) is 36.1 Å². The Morgan fingerprint density at radius 3 is 2.84 bits per heavy atom. The summed E-state index contributed by atoms with van der Waals surface area (Å²) in [5, 5.41) is 8.51. The summed E-state index contributed by atoms with van der Waals surface area (Å²) in [6.45, 7) is 3.07. The number of aromatic nitrogens is 2. The molecule has 1 N–H and O–H groups in total. The molecule has 0 aliphatic rings. The number of nitrogens with one attached hydrogen (secondary N) is 1. The summed E-state index contributed by atoms with van der Waals surface area (Å²) in [4.78, 5) is 0. The van der Waals surface area contributed by atoms with E-state index in [0.29, 0.717) is 6.04 Å². The van der Waals surface area contributed by atoms with E-state index in [0.717, 1.165) is 24.4 Å². The molecule has 2 rings (SSSR count). The first-order chi connectivity index (χ1) is 9.20. The molecular formula is C15H20ClN3. The summed E-state index contributed by atoms with van der Waals surface area (Å²) in [5.41, 5.74) is 2.50. The molecule has 1 heterocycles. The maximum atomic E-state index is 6.07. The van der Waals surface area contributed by atoms with Gasteiger partial charge >= 0.3 is 0 Å². The Morgan fingerprint density at radius 1 is 1.37 bits per heavy atom. The second-order valence-corrected chi connectivity index (χ2v) is 5.09. The Balaban J connectivity index is 2.06. The van der Waals surface area contributed by atoms with E-state index >= 15 is 0 Å². The van der Waals surface area contributed by atoms with Crippen molar-refractivity contribution in [1.82, 2.24) is 15.1 Å². The van der Waals surface area contributed by atoms with Crippen LogP contribution in [0.3, 0.4) is 0 Å². The highest BCUT2D eigenvalue weighted by atomic mass is 35.5. The van der Waals surface area contributed by atoms with Crippen molar-refractivity contribution in [3.05, 3.63) is 52.8 Å². The molecule has 0 aliphatic heterocycles. The van der Waals surface area contributed by atoms with Gasteiger partial charge in [-0.15, -0.1) is 0 Å². The van der Waals surface area contributed by atoms with Crippen molar-refractivity contribution in [3.63, 3.8) is 0 Å². The summed E-state index contributed by atoms with van der Waals surface area (Å²) in [6, 6.07) is 10.5. The van der Waals surface area contributed by atoms with Crippen LogP contribution in [-0.2, 0) is 13.5 Å². The molecule has 0 saturated heterocycles. The highest BCUT2D eigenvalue weighted by Crippen LogP contribution is 2.22.